The van der Waals surface area contributed by atoms with E-state index in [0.717, 1.165) is 51.3 Å². The summed E-state index contributed by atoms with van der Waals surface area (Å²) >= 11 is 0. The van der Waals surface area contributed by atoms with Crippen LogP contribution in [0.2, 0.25) is 0 Å². The van der Waals surface area contributed by atoms with Crippen molar-refractivity contribution < 1.29 is 9.59 Å². The van der Waals surface area contributed by atoms with Gasteiger partial charge in [0.05, 0.1) is 0 Å². The molecule has 6 nitrogen and oxygen atoms in total. The van der Waals surface area contributed by atoms with Gasteiger partial charge in [0, 0.05) is 44.8 Å². The maximum absolute atomic E-state index is 12.8. The highest BCUT2D eigenvalue weighted by Crippen LogP contribution is 2.35. The van der Waals surface area contributed by atoms with Crippen LogP contribution < -0.4 is 5.32 Å². The van der Waals surface area contributed by atoms with Crippen molar-refractivity contribution >= 4 is 17.6 Å². The fraction of sp³-hybridized carbons (Fsp3) is 0.680. The molecule has 3 amide bonds. The molecule has 1 saturated heterocycles. The summed E-state index contributed by atoms with van der Waals surface area (Å²) in [4.78, 5) is 30.8. The van der Waals surface area contributed by atoms with E-state index >= 15 is 0 Å². The first-order valence-corrected chi connectivity index (χ1v) is 12.2. The Morgan fingerprint density at radius 1 is 1.16 bits per heavy atom. The SMILES string of the molecule is CC(=O)Nc1ccc2c(c1)C(CN(C)CCCN1CCN(C3CCCCC3)C1=O)CC2. The molecule has 2 aliphatic carbocycles. The minimum Gasteiger partial charge on any atom is -0.326 e. The smallest absolute Gasteiger partial charge is 0.320 e. The molecule has 0 bridgehead atoms. The van der Waals surface area contributed by atoms with Crippen molar-refractivity contribution in [2.45, 2.75) is 70.3 Å². The second-order valence-corrected chi connectivity index (χ2v) is 9.70. The molecule has 170 valence electrons. The lowest BCUT2D eigenvalue weighted by Crippen LogP contribution is -2.40. The van der Waals surface area contributed by atoms with Gasteiger partial charge in [0.25, 0.3) is 0 Å². The zero-order valence-electron chi connectivity index (χ0n) is 19.2. The molecule has 1 aromatic carbocycles. The van der Waals surface area contributed by atoms with E-state index in [1.54, 1.807) is 6.92 Å². The van der Waals surface area contributed by atoms with Crippen LogP contribution in [0.25, 0.3) is 0 Å². The number of anilines is 1. The number of fused-ring (bicyclic) bond motifs is 1. The summed E-state index contributed by atoms with van der Waals surface area (Å²) in [6.45, 7) is 6.25. The largest absolute Gasteiger partial charge is 0.326 e. The van der Waals surface area contributed by atoms with Crippen LogP contribution in [0.1, 0.15) is 68.9 Å². The molecular formula is C25H38N4O2. The van der Waals surface area contributed by atoms with Crippen LogP contribution in [-0.2, 0) is 11.2 Å². The number of nitrogens with one attached hydrogen (secondary N) is 1. The number of likely N-dealkylation sites (N-methyl/N-ethyl adjacent to an activating group) is 1. The van der Waals surface area contributed by atoms with Gasteiger partial charge in [0.1, 0.15) is 0 Å². The van der Waals surface area contributed by atoms with E-state index in [0.29, 0.717) is 12.0 Å². The fourth-order valence-electron chi connectivity index (χ4n) is 5.70. The van der Waals surface area contributed by atoms with Crippen LogP contribution in [0.15, 0.2) is 18.2 Å². The number of urea groups is 1. The molecule has 1 saturated carbocycles. The molecule has 1 aliphatic heterocycles. The second-order valence-electron chi connectivity index (χ2n) is 9.70. The van der Waals surface area contributed by atoms with Gasteiger partial charge in [-0.3, -0.25) is 4.79 Å². The van der Waals surface area contributed by atoms with Gasteiger partial charge in [-0.15, -0.1) is 0 Å². The summed E-state index contributed by atoms with van der Waals surface area (Å²) in [5, 5.41) is 2.91. The zero-order valence-corrected chi connectivity index (χ0v) is 19.2. The van der Waals surface area contributed by atoms with Crippen molar-refractivity contribution in [1.29, 1.82) is 0 Å². The van der Waals surface area contributed by atoms with E-state index in [1.807, 2.05) is 6.07 Å². The van der Waals surface area contributed by atoms with Gasteiger partial charge < -0.3 is 20.0 Å². The van der Waals surface area contributed by atoms with E-state index < -0.39 is 0 Å². The number of aryl methyl sites for hydroxylation is 1. The molecular weight excluding hydrogens is 388 g/mol. The maximum atomic E-state index is 12.8. The normalized spacial score (nSPS) is 21.8. The minimum atomic E-state index is -0.0230. The van der Waals surface area contributed by atoms with Crippen LogP contribution in [-0.4, -0.2) is 72.5 Å². The number of amides is 3. The monoisotopic (exact) mass is 426 g/mol. The number of carbonyl (C=O) groups excluding carboxylic acids is 2. The average molecular weight is 427 g/mol. The third-order valence-electron chi connectivity index (χ3n) is 7.31. The number of nitrogens with zero attached hydrogens (tertiary/aromatic N) is 3. The first-order valence-electron chi connectivity index (χ1n) is 12.2. The number of benzene rings is 1. The Hall–Kier alpha value is -2.08. The van der Waals surface area contributed by atoms with Crippen molar-refractivity contribution in [1.82, 2.24) is 14.7 Å². The summed E-state index contributed by atoms with van der Waals surface area (Å²) in [6.07, 6.45) is 9.56. The second kappa shape index (κ2) is 10.0. The molecule has 1 atom stereocenters. The molecule has 1 unspecified atom stereocenters. The van der Waals surface area contributed by atoms with Gasteiger partial charge >= 0.3 is 6.03 Å². The Kier molecular flexibility index (Phi) is 7.16. The topological polar surface area (TPSA) is 55.9 Å². The van der Waals surface area contributed by atoms with Gasteiger partial charge in [-0.05, 0) is 74.9 Å². The lowest BCUT2D eigenvalue weighted by Gasteiger charge is -2.31. The van der Waals surface area contributed by atoms with E-state index in [9.17, 15) is 9.59 Å². The lowest BCUT2D eigenvalue weighted by atomic mass is 9.94. The Bertz CT molecular complexity index is 790. The van der Waals surface area contributed by atoms with Crippen molar-refractivity contribution in [2.24, 2.45) is 0 Å². The van der Waals surface area contributed by atoms with Crippen molar-refractivity contribution in [3.8, 4) is 0 Å². The number of carbonyl (C=O) groups is 2. The Morgan fingerprint density at radius 2 is 1.97 bits per heavy atom. The Morgan fingerprint density at radius 3 is 2.74 bits per heavy atom. The van der Waals surface area contributed by atoms with Gasteiger partial charge in [0.15, 0.2) is 0 Å². The van der Waals surface area contributed by atoms with E-state index in [1.165, 1.54) is 49.7 Å². The van der Waals surface area contributed by atoms with E-state index in [2.05, 4.69) is 39.2 Å². The summed E-state index contributed by atoms with van der Waals surface area (Å²) < 4.78 is 0. The molecule has 2 fully saturated rings. The number of hydrogen-bond acceptors (Lipinski definition) is 3. The number of hydrogen-bond donors (Lipinski definition) is 1. The molecule has 3 aliphatic rings. The van der Waals surface area contributed by atoms with Crippen LogP contribution in [0, 0.1) is 0 Å². The molecule has 0 spiro atoms. The van der Waals surface area contributed by atoms with Crippen LogP contribution >= 0.6 is 0 Å². The standard InChI is InChI=1S/C25H38N4O2/c1-19(30)26-22-12-11-20-9-10-21(24(20)17-22)18-27(2)13-6-14-28-15-16-29(25(28)31)23-7-4-3-5-8-23/h11-12,17,21,23H,3-10,13-16,18H2,1-2H3,(H,26,30). The molecule has 0 aromatic heterocycles. The van der Waals surface area contributed by atoms with Crippen molar-refractivity contribution in [3.05, 3.63) is 29.3 Å². The van der Waals surface area contributed by atoms with Crippen LogP contribution in [0.3, 0.4) is 0 Å². The highest BCUT2D eigenvalue weighted by atomic mass is 16.2. The highest BCUT2D eigenvalue weighted by molar-refractivity contribution is 5.88. The maximum Gasteiger partial charge on any atom is 0.320 e. The number of rotatable bonds is 8. The molecule has 6 heteroatoms. The summed E-state index contributed by atoms with van der Waals surface area (Å²) in [7, 11) is 2.19. The predicted molar refractivity (Wildman–Crippen MR) is 124 cm³/mol. The Balaban J connectivity index is 1.22. The van der Waals surface area contributed by atoms with Gasteiger partial charge in [-0.25, -0.2) is 4.79 Å². The van der Waals surface area contributed by atoms with Gasteiger partial charge in [0.2, 0.25) is 5.91 Å². The van der Waals surface area contributed by atoms with Crippen LogP contribution in [0.4, 0.5) is 10.5 Å². The highest BCUT2D eigenvalue weighted by Gasteiger charge is 2.33. The summed E-state index contributed by atoms with van der Waals surface area (Å²) in [5.74, 6) is 0.494. The predicted octanol–water partition coefficient (Wildman–Crippen LogP) is 4.07. The Labute approximate surface area is 187 Å². The van der Waals surface area contributed by atoms with Gasteiger partial charge in [-0.1, -0.05) is 25.3 Å². The molecule has 1 N–H and O–H groups in total. The molecule has 31 heavy (non-hydrogen) atoms. The quantitative estimate of drug-likeness (QED) is 0.682. The summed E-state index contributed by atoms with van der Waals surface area (Å²) in [6, 6.07) is 7.09. The first-order chi connectivity index (χ1) is 15.0. The fourth-order valence-corrected chi connectivity index (χ4v) is 5.70. The van der Waals surface area contributed by atoms with E-state index in [-0.39, 0.29) is 11.9 Å². The molecule has 4 rings (SSSR count). The van der Waals surface area contributed by atoms with Crippen LogP contribution in [0.5, 0.6) is 0 Å². The van der Waals surface area contributed by atoms with E-state index in [4.69, 9.17) is 0 Å². The van der Waals surface area contributed by atoms with Gasteiger partial charge in [-0.2, -0.15) is 0 Å². The third kappa shape index (κ3) is 5.40. The average Bonchev–Trinajstić information content (AvgIpc) is 3.32. The molecule has 0 radical (unpaired) electrons. The molecule has 1 aromatic rings. The summed E-state index contributed by atoms with van der Waals surface area (Å²) in [5.41, 5.74) is 3.70. The zero-order chi connectivity index (χ0) is 21.8. The third-order valence-corrected chi connectivity index (χ3v) is 7.31. The van der Waals surface area contributed by atoms with Crippen molar-refractivity contribution in [2.75, 3.05) is 45.1 Å². The minimum absolute atomic E-state index is 0.0230. The first kappa shape index (κ1) is 22.1. The lowest BCUT2D eigenvalue weighted by molar-refractivity contribution is -0.114. The molecule has 1 heterocycles. The van der Waals surface area contributed by atoms with Crippen molar-refractivity contribution in [3.63, 3.8) is 0 Å².